The number of ether oxygens (including phenoxy) is 1. The van der Waals surface area contributed by atoms with Gasteiger partial charge in [-0.1, -0.05) is 57.6 Å². The van der Waals surface area contributed by atoms with Crippen molar-refractivity contribution < 1.29 is 14.6 Å². The van der Waals surface area contributed by atoms with Crippen LogP contribution < -0.4 is 9.64 Å². The molecule has 7 heteroatoms. The van der Waals surface area contributed by atoms with Crippen LogP contribution in [0.1, 0.15) is 27.7 Å². The number of aromatic carboxylic acids is 1. The molecule has 0 atom stereocenters. The van der Waals surface area contributed by atoms with Gasteiger partial charge in [-0.25, -0.2) is 9.78 Å². The second-order valence-corrected chi connectivity index (χ2v) is 7.78. The average Bonchev–Trinajstić information content (AvgIpc) is 3.16. The molecular weight excluding hydrogens is 428 g/mol. The van der Waals surface area contributed by atoms with Gasteiger partial charge in [-0.3, -0.25) is 0 Å². The summed E-state index contributed by atoms with van der Waals surface area (Å²) in [5, 5.41) is 9.81. The van der Waals surface area contributed by atoms with Crippen LogP contribution in [0.2, 0.25) is 0 Å². The Morgan fingerprint density at radius 2 is 2.04 bits per heavy atom. The number of rotatable bonds is 8. The molecule has 1 heterocycles. The molecule has 0 saturated heterocycles. The van der Waals surface area contributed by atoms with E-state index in [4.69, 9.17) is 9.84 Å². The van der Waals surface area contributed by atoms with Gasteiger partial charge in [0.05, 0.1) is 6.20 Å². The zero-order valence-electron chi connectivity index (χ0n) is 14.8. The molecule has 3 aromatic rings. The van der Waals surface area contributed by atoms with Gasteiger partial charge in [0.25, 0.3) is 0 Å². The van der Waals surface area contributed by atoms with E-state index in [1.807, 2.05) is 60.4 Å². The van der Waals surface area contributed by atoms with Crippen molar-refractivity contribution in [3.05, 3.63) is 75.2 Å². The first-order valence-electron chi connectivity index (χ1n) is 8.46. The third-order valence-electron chi connectivity index (χ3n) is 3.98. The summed E-state index contributed by atoms with van der Waals surface area (Å²) in [5.74, 6) is -0.153. The van der Waals surface area contributed by atoms with Crippen molar-refractivity contribution in [3.8, 4) is 5.75 Å². The summed E-state index contributed by atoms with van der Waals surface area (Å²) >= 11 is 4.69. The molecule has 0 radical (unpaired) electrons. The highest BCUT2D eigenvalue weighted by Gasteiger charge is 2.16. The molecule has 0 fully saturated rings. The second kappa shape index (κ2) is 9.01. The molecule has 0 spiro atoms. The monoisotopic (exact) mass is 446 g/mol. The highest BCUT2D eigenvalue weighted by atomic mass is 79.9. The fourth-order valence-electron chi connectivity index (χ4n) is 2.58. The van der Waals surface area contributed by atoms with E-state index < -0.39 is 5.97 Å². The van der Waals surface area contributed by atoms with Gasteiger partial charge in [0.1, 0.15) is 17.2 Å². The fourth-order valence-corrected chi connectivity index (χ4v) is 3.80. The molecule has 0 amide bonds. The van der Waals surface area contributed by atoms with Crippen LogP contribution in [0.3, 0.4) is 0 Å². The third-order valence-corrected chi connectivity index (χ3v) is 5.52. The zero-order valence-corrected chi connectivity index (χ0v) is 17.2. The predicted molar refractivity (Wildman–Crippen MR) is 111 cm³/mol. The lowest BCUT2D eigenvalue weighted by Gasteiger charge is -2.22. The van der Waals surface area contributed by atoms with Crippen molar-refractivity contribution in [2.24, 2.45) is 0 Å². The number of carboxylic acid groups (broad SMARTS) is 1. The van der Waals surface area contributed by atoms with Crippen molar-refractivity contribution >= 4 is 38.4 Å². The Hall–Kier alpha value is -2.38. The number of hydrogen-bond donors (Lipinski definition) is 1. The molecule has 3 rings (SSSR count). The van der Waals surface area contributed by atoms with Crippen LogP contribution in [0.15, 0.2) is 59.2 Å². The molecule has 5 nitrogen and oxygen atoms in total. The molecule has 1 aromatic heterocycles. The maximum absolute atomic E-state index is 11.1. The van der Waals surface area contributed by atoms with Crippen molar-refractivity contribution in [3.63, 3.8) is 0 Å². The van der Waals surface area contributed by atoms with Crippen molar-refractivity contribution in [2.75, 3.05) is 11.4 Å². The lowest BCUT2D eigenvalue weighted by Crippen LogP contribution is -2.22. The van der Waals surface area contributed by atoms with Gasteiger partial charge in [0.2, 0.25) is 0 Å². The molecule has 0 saturated carbocycles. The van der Waals surface area contributed by atoms with E-state index in [1.54, 1.807) is 0 Å². The number of halogens is 1. The van der Waals surface area contributed by atoms with E-state index in [2.05, 4.69) is 20.9 Å². The SMILES string of the molecule is CCN(Cc1cc(Br)ccc1OCc1ccccc1)c1ncc(C(=O)O)s1. The number of carbonyl (C=O) groups is 1. The molecule has 0 aliphatic heterocycles. The predicted octanol–water partition coefficient (Wildman–Crippen LogP) is 5.21. The number of thiazole rings is 1. The van der Waals surface area contributed by atoms with Gasteiger partial charge in [0.15, 0.2) is 5.13 Å². The van der Waals surface area contributed by atoms with Gasteiger partial charge >= 0.3 is 5.97 Å². The number of nitrogens with zero attached hydrogens (tertiary/aromatic N) is 2. The molecule has 0 aliphatic carbocycles. The molecule has 0 unspecified atom stereocenters. The van der Waals surface area contributed by atoms with Gasteiger partial charge in [-0.05, 0) is 30.7 Å². The number of carboxylic acids is 1. The Labute approximate surface area is 170 Å². The summed E-state index contributed by atoms with van der Waals surface area (Å²) in [6.07, 6.45) is 1.40. The summed E-state index contributed by atoms with van der Waals surface area (Å²) < 4.78 is 7.01. The van der Waals surface area contributed by atoms with Gasteiger partial charge in [-0.2, -0.15) is 0 Å². The molecule has 2 aromatic carbocycles. The van der Waals surface area contributed by atoms with E-state index >= 15 is 0 Å². The second-order valence-electron chi connectivity index (χ2n) is 5.85. The fraction of sp³-hybridized carbons (Fsp3) is 0.200. The summed E-state index contributed by atoms with van der Waals surface area (Å²) in [6, 6.07) is 15.9. The first-order chi connectivity index (χ1) is 13.1. The minimum absolute atomic E-state index is 0.234. The van der Waals surface area contributed by atoms with Crippen molar-refractivity contribution in [1.82, 2.24) is 4.98 Å². The lowest BCUT2D eigenvalue weighted by molar-refractivity contribution is 0.0702. The van der Waals surface area contributed by atoms with E-state index in [-0.39, 0.29) is 4.88 Å². The topological polar surface area (TPSA) is 62.7 Å². The Balaban J connectivity index is 1.79. The van der Waals surface area contributed by atoms with Crippen LogP contribution >= 0.6 is 27.3 Å². The van der Waals surface area contributed by atoms with Crippen LogP contribution in [0.5, 0.6) is 5.75 Å². The maximum atomic E-state index is 11.1. The largest absolute Gasteiger partial charge is 0.489 e. The summed E-state index contributed by atoms with van der Waals surface area (Å²) in [6.45, 7) is 3.79. The number of hydrogen-bond acceptors (Lipinski definition) is 5. The number of anilines is 1. The van der Waals surface area contributed by atoms with Crippen LogP contribution in [0.25, 0.3) is 0 Å². The lowest BCUT2D eigenvalue weighted by atomic mass is 10.2. The molecular formula is C20H19BrN2O3S. The van der Waals surface area contributed by atoms with Crippen LogP contribution in [0, 0.1) is 0 Å². The molecule has 0 bridgehead atoms. The molecule has 140 valence electrons. The normalized spacial score (nSPS) is 10.6. The summed E-state index contributed by atoms with van der Waals surface area (Å²) in [7, 11) is 0. The Morgan fingerprint density at radius 1 is 1.26 bits per heavy atom. The third kappa shape index (κ3) is 5.08. The Bertz CT molecular complexity index is 915. The highest BCUT2D eigenvalue weighted by molar-refractivity contribution is 9.10. The number of benzene rings is 2. The van der Waals surface area contributed by atoms with Crippen molar-refractivity contribution in [2.45, 2.75) is 20.1 Å². The standard InChI is InChI=1S/C20H19BrN2O3S/c1-2-23(20-22-11-18(27-20)19(24)25)12-15-10-16(21)8-9-17(15)26-13-14-6-4-3-5-7-14/h3-11H,2,12-13H2,1H3,(H,24,25). The van der Waals surface area contributed by atoms with Crippen LogP contribution in [-0.4, -0.2) is 22.6 Å². The first kappa shape index (κ1) is 19.4. The van der Waals surface area contributed by atoms with Crippen LogP contribution in [-0.2, 0) is 13.2 Å². The van der Waals surface area contributed by atoms with Gasteiger partial charge < -0.3 is 14.7 Å². The summed E-state index contributed by atoms with van der Waals surface area (Å²) in [5.41, 5.74) is 2.11. The highest BCUT2D eigenvalue weighted by Crippen LogP contribution is 2.29. The zero-order chi connectivity index (χ0) is 19.2. The van der Waals surface area contributed by atoms with E-state index in [0.29, 0.717) is 24.8 Å². The minimum atomic E-state index is -0.954. The quantitative estimate of drug-likeness (QED) is 0.514. The number of aromatic nitrogens is 1. The van der Waals surface area contributed by atoms with Crippen molar-refractivity contribution in [1.29, 1.82) is 0 Å². The van der Waals surface area contributed by atoms with E-state index in [9.17, 15) is 4.79 Å². The molecule has 27 heavy (non-hydrogen) atoms. The van der Waals surface area contributed by atoms with E-state index in [0.717, 1.165) is 21.3 Å². The smallest absolute Gasteiger partial charge is 0.347 e. The van der Waals surface area contributed by atoms with Gasteiger partial charge in [0, 0.05) is 23.1 Å². The molecule has 1 N–H and O–H groups in total. The first-order valence-corrected chi connectivity index (χ1v) is 10.1. The van der Waals surface area contributed by atoms with E-state index in [1.165, 1.54) is 17.5 Å². The minimum Gasteiger partial charge on any atom is -0.489 e. The Morgan fingerprint density at radius 3 is 2.70 bits per heavy atom. The summed E-state index contributed by atoms with van der Waals surface area (Å²) in [4.78, 5) is 17.7. The average molecular weight is 447 g/mol. The maximum Gasteiger partial charge on any atom is 0.347 e. The molecule has 0 aliphatic rings. The van der Waals surface area contributed by atoms with Gasteiger partial charge in [-0.15, -0.1) is 0 Å². The Kier molecular flexibility index (Phi) is 6.47. The van der Waals surface area contributed by atoms with Crippen LogP contribution in [0.4, 0.5) is 5.13 Å².